The van der Waals surface area contributed by atoms with E-state index in [9.17, 15) is 15.0 Å². The molecule has 0 aromatic heterocycles. The van der Waals surface area contributed by atoms with Crippen LogP contribution < -0.4 is 0 Å². The lowest BCUT2D eigenvalue weighted by atomic mass is 9.92. The van der Waals surface area contributed by atoms with Gasteiger partial charge < -0.3 is 10.2 Å². The Balaban J connectivity index is 1.95. The van der Waals surface area contributed by atoms with Gasteiger partial charge in [0, 0.05) is 12.0 Å². The van der Waals surface area contributed by atoms with E-state index in [0.717, 1.165) is 54.0 Å². The molecule has 0 heterocycles. The number of aromatic hydroxyl groups is 2. The summed E-state index contributed by atoms with van der Waals surface area (Å²) in [5.41, 5.74) is 1.85. The van der Waals surface area contributed by atoms with Crippen molar-refractivity contribution in [3.63, 3.8) is 0 Å². The van der Waals surface area contributed by atoms with E-state index >= 15 is 0 Å². The zero-order valence-electron chi connectivity index (χ0n) is 18.3. The van der Waals surface area contributed by atoms with Gasteiger partial charge in [-0.05, 0) is 53.8 Å². The molecule has 0 aliphatic heterocycles. The topological polar surface area (TPSA) is 57.5 Å². The van der Waals surface area contributed by atoms with Crippen LogP contribution in [0.4, 0.5) is 0 Å². The van der Waals surface area contributed by atoms with Crippen molar-refractivity contribution in [2.75, 3.05) is 0 Å². The molecule has 0 saturated carbocycles. The molecule has 0 atom stereocenters. The number of ketones is 1. The molecule has 2 aromatic carbocycles. The summed E-state index contributed by atoms with van der Waals surface area (Å²) in [5, 5.41) is 21.3. The Bertz CT molecular complexity index is 779. The summed E-state index contributed by atoms with van der Waals surface area (Å²) in [6, 6.07) is 7.03. The van der Waals surface area contributed by atoms with Crippen molar-refractivity contribution in [2.45, 2.75) is 97.3 Å². The van der Waals surface area contributed by atoms with Gasteiger partial charge in [-0.25, -0.2) is 0 Å². The van der Waals surface area contributed by atoms with Crippen molar-refractivity contribution in [2.24, 2.45) is 0 Å². The smallest absolute Gasteiger partial charge is 0.163 e. The summed E-state index contributed by atoms with van der Waals surface area (Å²) in [6.45, 7) is 4.39. The van der Waals surface area contributed by atoms with E-state index in [1.807, 2.05) is 12.1 Å². The molecule has 29 heavy (non-hydrogen) atoms. The van der Waals surface area contributed by atoms with Gasteiger partial charge in [-0.15, -0.1) is 0 Å². The second-order valence-electron chi connectivity index (χ2n) is 8.30. The molecule has 3 heteroatoms. The highest BCUT2D eigenvalue weighted by Crippen LogP contribution is 2.32. The van der Waals surface area contributed by atoms with Crippen LogP contribution in [0.5, 0.6) is 11.5 Å². The number of unbranched alkanes of at least 4 members (excludes halogenated alkanes) is 9. The third kappa shape index (κ3) is 7.38. The Morgan fingerprint density at radius 3 is 1.79 bits per heavy atom. The fourth-order valence-electron chi connectivity index (χ4n) is 3.94. The summed E-state index contributed by atoms with van der Waals surface area (Å²) in [7, 11) is 0. The van der Waals surface area contributed by atoms with Crippen LogP contribution in [0, 0.1) is 0 Å². The van der Waals surface area contributed by atoms with E-state index in [0.29, 0.717) is 6.42 Å². The fourth-order valence-corrected chi connectivity index (χ4v) is 3.94. The van der Waals surface area contributed by atoms with Crippen LogP contribution in [0.3, 0.4) is 0 Å². The first-order chi connectivity index (χ1) is 14.1. The molecule has 0 spiro atoms. The molecule has 0 saturated heterocycles. The van der Waals surface area contributed by atoms with E-state index < -0.39 is 0 Å². The minimum Gasteiger partial charge on any atom is -0.504 e. The quantitative estimate of drug-likeness (QED) is 0.195. The van der Waals surface area contributed by atoms with Gasteiger partial charge in [0.05, 0.1) is 0 Å². The number of Topliss-reactive ketones (excluding diaryl/α,β-unsaturated/α-hetero) is 1. The van der Waals surface area contributed by atoms with Crippen LogP contribution in [-0.2, 0) is 6.42 Å². The first-order valence-electron chi connectivity index (χ1n) is 11.6. The van der Waals surface area contributed by atoms with E-state index in [2.05, 4.69) is 13.8 Å². The van der Waals surface area contributed by atoms with Crippen LogP contribution >= 0.6 is 0 Å². The maximum absolute atomic E-state index is 12.9. The molecule has 0 unspecified atom stereocenters. The number of phenols is 2. The van der Waals surface area contributed by atoms with Crippen molar-refractivity contribution in [3.8, 4) is 11.5 Å². The second-order valence-corrected chi connectivity index (χ2v) is 8.30. The molecule has 0 bridgehead atoms. The standard InChI is InChI=1S/C26H38O3/c1-3-5-7-8-9-10-11-12-13-15-24(27)23-17-22-19-26(29)25(28)18-21(22)16-20(23)14-6-4-2/h16-19,28-29H,3-15H2,1-2H3. The highest BCUT2D eigenvalue weighted by Gasteiger charge is 2.14. The maximum Gasteiger partial charge on any atom is 0.163 e. The fraction of sp³-hybridized carbons (Fsp3) is 0.577. The Morgan fingerprint density at radius 1 is 0.690 bits per heavy atom. The van der Waals surface area contributed by atoms with Crippen LogP contribution in [0.1, 0.15) is 107 Å². The highest BCUT2D eigenvalue weighted by molar-refractivity contribution is 6.02. The van der Waals surface area contributed by atoms with Gasteiger partial charge in [0.1, 0.15) is 0 Å². The third-order valence-corrected chi connectivity index (χ3v) is 5.76. The van der Waals surface area contributed by atoms with E-state index in [-0.39, 0.29) is 17.3 Å². The summed E-state index contributed by atoms with van der Waals surface area (Å²) in [6.07, 6.45) is 14.8. The molecular formula is C26H38O3. The number of carbonyl (C=O) groups is 1. The predicted molar refractivity (Wildman–Crippen MR) is 122 cm³/mol. The average molecular weight is 399 g/mol. The van der Waals surface area contributed by atoms with Crippen molar-refractivity contribution < 1.29 is 15.0 Å². The molecule has 2 aromatic rings. The van der Waals surface area contributed by atoms with Gasteiger partial charge in [-0.3, -0.25) is 4.79 Å². The van der Waals surface area contributed by atoms with Crippen molar-refractivity contribution >= 4 is 16.6 Å². The number of benzene rings is 2. The first kappa shape index (κ1) is 23.3. The Hall–Kier alpha value is -2.03. The number of aryl methyl sites for hydroxylation is 1. The molecule has 160 valence electrons. The molecule has 0 fully saturated rings. The van der Waals surface area contributed by atoms with Crippen LogP contribution in [0.2, 0.25) is 0 Å². The summed E-state index contributed by atoms with van der Waals surface area (Å²) < 4.78 is 0. The van der Waals surface area contributed by atoms with E-state index in [4.69, 9.17) is 0 Å². The average Bonchev–Trinajstić information content (AvgIpc) is 2.71. The lowest BCUT2D eigenvalue weighted by Gasteiger charge is -2.12. The summed E-state index contributed by atoms with van der Waals surface area (Å²) in [4.78, 5) is 12.9. The molecule has 0 aliphatic carbocycles. The zero-order chi connectivity index (χ0) is 21.1. The number of hydrogen-bond acceptors (Lipinski definition) is 3. The predicted octanol–water partition coefficient (Wildman–Crippen LogP) is 7.70. The third-order valence-electron chi connectivity index (χ3n) is 5.76. The molecule has 2 N–H and O–H groups in total. The van der Waals surface area contributed by atoms with Gasteiger partial charge in [0.15, 0.2) is 17.3 Å². The van der Waals surface area contributed by atoms with Crippen LogP contribution in [-0.4, -0.2) is 16.0 Å². The molecule has 0 aliphatic rings. The summed E-state index contributed by atoms with van der Waals surface area (Å²) in [5.74, 6) is -0.0580. The first-order valence-corrected chi connectivity index (χ1v) is 11.6. The van der Waals surface area contributed by atoms with Crippen molar-refractivity contribution in [1.29, 1.82) is 0 Å². The molecule has 2 rings (SSSR count). The van der Waals surface area contributed by atoms with Gasteiger partial charge in [-0.2, -0.15) is 0 Å². The number of hydrogen-bond donors (Lipinski definition) is 2. The maximum atomic E-state index is 12.9. The van der Waals surface area contributed by atoms with Gasteiger partial charge in [0.2, 0.25) is 0 Å². The lowest BCUT2D eigenvalue weighted by Crippen LogP contribution is -2.04. The summed E-state index contributed by atoms with van der Waals surface area (Å²) >= 11 is 0. The monoisotopic (exact) mass is 398 g/mol. The van der Waals surface area contributed by atoms with E-state index in [1.165, 1.54) is 44.9 Å². The second kappa shape index (κ2) is 12.5. The van der Waals surface area contributed by atoms with Crippen molar-refractivity contribution in [3.05, 3.63) is 35.4 Å². The van der Waals surface area contributed by atoms with Crippen LogP contribution in [0.15, 0.2) is 24.3 Å². The number of phenolic OH excluding ortho intramolecular Hbond substituents is 2. The van der Waals surface area contributed by atoms with E-state index in [1.54, 1.807) is 12.1 Å². The minimum absolute atomic E-state index is 0.118. The van der Waals surface area contributed by atoms with Crippen molar-refractivity contribution in [1.82, 2.24) is 0 Å². The number of fused-ring (bicyclic) bond motifs is 1. The Kier molecular flexibility index (Phi) is 10.0. The van der Waals surface area contributed by atoms with Gasteiger partial charge in [0.25, 0.3) is 0 Å². The zero-order valence-corrected chi connectivity index (χ0v) is 18.3. The molecule has 0 amide bonds. The highest BCUT2D eigenvalue weighted by atomic mass is 16.3. The van der Waals surface area contributed by atoms with Gasteiger partial charge in [-0.1, -0.05) is 77.7 Å². The Morgan fingerprint density at radius 2 is 1.21 bits per heavy atom. The number of carbonyl (C=O) groups excluding carboxylic acids is 1. The Labute approximate surface area is 176 Å². The molecule has 3 nitrogen and oxygen atoms in total. The minimum atomic E-state index is -0.142. The van der Waals surface area contributed by atoms with Crippen LogP contribution in [0.25, 0.3) is 10.8 Å². The normalized spacial score (nSPS) is 11.2. The molecule has 0 radical (unpaired) electrons. The SMILES string of the molecule is CCCCCCCCCCCC(=O)c1cc2cc(O)c(O)cc2cc1CCCC. The lowest BCUT2D eigenvalue weighted by molar-refractivity contribution is 0.0978. The largest absolute Gasteiger partial charge is 0.504 e. The number of rotatable bonds is 14. The molecular weight excluding hydrogens is 360 g/mol. The van der Waals surface area contributed by atoms with Gasteiger partial charge >= 0.3 is 0 Å².